The van der Waals surface area contributed by atoms with E-state index in [0.717, 1.165) is 35.7 Å². The smallest absolute Gasteiger partial charge is 0.226 e. The summed E-state index contributed by atoms with van der Waals surface area (Å²) in [6.07, 6.45) is 5.41. The van der Waals surface area contributed by atoms with Crippen LogP contribution in [0.2, 0.25) is 0 Å². The molecule has 2 aromatic rings. The van der Waals surface area contributed by atoms with E-state index in [1.165, 1.54) is 18.4 Å². The van der Waals surface area contributed by atoms with Gasteiger partial charge >= 0.3 is 0 Å². The average Bonchev–Trinajstić information content (AvgIpc) is 3.36. The maximum Gasteiger partial charge on any atom is 0.226 e. The summed E-state index contributed by atoms with van der Waals surface area (Å²) < 4.78 is 5.83. The number of aryl methyl sites for hydroxylation is 1. The van der Waals surface area contributed by atoms with E-state index in [9.17, 15) is 4.79 Å². The molecule has 3 rings (SSSR count). The zero-order valence-corrected chi connectivity index (χ0v) is 17.4. The fourth-order valence-electron chi connectivity index (χ4n) is 3.52. The average molecular weight is 387 g/mol. The lowest BCUT2D eigenvalue weighted by molar-refractivity contribution is -0.138. The van der Waals surface area contributed by atoms with Crippen LogP contribution in [-0.2, 0) is 17.9 Å². The molecule has 0 aliphatic heterocycles. The van der Waals surface area contributed by atoms with Crippen LogP contribution in [0.4, 0.5) is 0 Å². The lowest BCUT2D eigenvalue weighted by Gasteiger charge is -2.30. The van der Waals surface area contributed by atoms with Gasteiger partial charge in [0.05, 0.1) is 12.2 Å². The Morgan fingerprint density at radius 1 is 1.30 bits per heavy atom. The Kier molecular flexibility index (Phi) is 6.89. The zero-order valence-electron chi connectivity index (χ0n) is 16.6. The molecule has 0 spiro atoms. The SMILES string of the molecule is CC[C@H](C)N(Cc1csc(COc2ccc(C)cc2)n1)C(=O)C1CCCC1. The third kappa shape index (κ3) is 5.32. The van der Waals surface area contributed by atoms with Crippen molar-refractivity contribution in [2.75, 3.05) is 0 Å². The second-order valence-electron chi connectivity index (χ2n) is 7.54. The highest BCUT2D eigenvalue weighted by Crippen LogP contribution is 2.28. The van der Waals surface area contributed by atoms with Gasteiger partial charge in [-0.2, -0.15) is 0 Å². The molecule has 4 nitrogen and oxygen atoms in total. The first-order valence-electron chi connectivity index (χ1n) is 10.00. The Hall–Kier alpha value is -1.88. The maximum absolute atomic E-state index is 13.0. The number of ether oxygens (including phenoxy) is 1. The molecular formula is C22H30N2O2S. The Balaban J connectivity index is 1.61. The summed E-state index contributed by atoms with van der Waals surface area (Å²) in [7, 11) is 0. The molecule has 0 radical (unpaired) electrons. The van der Waals surface area contributed by atoms with Crippen molar-refractivity contribution in [3.63, 3.8) is 0 Å². The fourth-order valence-corrected chi connectivity index (χ4v) is 4.22. The van der Waals surface area contributed by atoms with Gasteiger partial charge in [0, 0.05) is 17.3 Å². The van der Waals surface area contributed by atoms with Gasteiger partial charge in [-0.1, -0.05) is 37.5 Å². The second-order valence-corrected chi connectivity index (χ2v) is 8.48. The van der Waals surface area contributed by atoms with Crippen molar-refractivity contribution in [2.45, 2.75) is 72.1 Å². The van der Waals surface area contributed by atoms with Gasteiger partial charge in [-0.15, -0.1) is 11.3 Å². The van der Waals surface area contributed by atoms with E-state index in [1.54, 1.807) is 11.3 Å². The van der Waals surface area contributed by atoms with Gasteiger partial charge in [0.15, 0.2) is 0 Å². The zero-order chi connectivity index (χ0) is 19.2. The molecular weight excluding hydrogens is 356 g/mol. The minimum atomic E-state index is 0.210. The highest BCUT2D eigenvalue weighted by molar-refractivity contribution is 7.09. The molecule has 146 valence electrons. The van der Waals surface area contributed by atoms with Crippen LogP contribution >= 0.6 is 11.3 Å². The molecule has 0 unspecified atom stereocenters. The third-order valence-corrected chi connectivity index (χ3v) is 6.30. The molecule has 1 heterocycles. The van der Waals surface area contributed by atoms with Crippen molar-refractivity contribution in [1.82, 2.24) is 9.88 Å². The molecule has 1 aromatic heterocycles. The van der Waals surface area contributed by atoms with Crippen LogP contribution < -0.4 is 4.74 Å². The van der Waals surface area contributed by atoms with Gasteiger partial charge < -0.3 is 9.64 Å². The van der Waals surface area contributed by atoms with E-state index in [-0.39, 0.29) is 12.0 Å². The number of nitrogens with zero attached hydrogens (tertiary/aromatic N) is 2. The predicted octanol–water partition coefficient (Wildman–Crippen LogP) is 5.35. The number of thiazole rings is 1. The number of hydrogen-bond acceptors (Lipinski definition) is 4. The van der Waals surface area contributed by atoms with Crippen LogP contribution in [-0.4, -0.2) is 21.8 Å². The number of carbonyl (C=O) groups is 1. The van der Waals surface area contributed by atoms with E-state index in [1.807, 2.05) is 29.2 Å². The van der Waals surface area contributed by atoms with Crippen molar-refractivity contribution in [3.8, 4) is 5.75 Å². The van der Waals surface area contributed by atoms with Gasteiger partial charge in [-0.25, -0.2) is 4.98 Å². The molecule has 1 aliphatic rings. The van der Waals surface area contributed by atoms with E-state index in [4.69, 9.17) is 9.72 Å². The molecule has 1 amide bonds. The van der Waals surface area contributed by atoms with Crippen molar-refractivity contribution >= 4 is 17.2 Å². The quantitative estimate of drug-likeness (QED) is 0.614. The summed E-state index contributed by atoms with van der Waals surface area (Å²) >= 11 is 1.60. The minimum absolute atomic E-state index is 0.210. The van der Waals surface area contributed by atoms with Crippen molar-refractivity contribution in [2.24, 2.45) is 5.92 Å². The summed E-state index contributed by atoms with van der Waals surface area (Å²) in [6.45, 7) is 7.41. The number of aromatic nitrogens is 1. The normalized spacial score (nSPS) is 15.7. The molecule has 1 atom stereocenters. The van der Waals surface area contributed by atoms with Crippen molar-refractivity contribution in [3.05, 3.63) is 45.9 Å². The topological polar surface area (TPSA) is 42.4 Å². The molecule has 27 heavy (non-hydrogen) atoms. The monoisotopic (exact) mass is 386 g/mol. The Bertz CT molecular complexity index is 735. The lowest BCUT2D eigenvalue weighted by Crippen LogP contribution is -2.41. The Morgan fingerprint density at radius 2 is 2.00 bits per heavy atom. The van der Waals surface area contributed by atoms with Gasteiger partial charge in [0.25, 0.3) is 0 Å². The molecule has 1 aliphatic carbocycles. The van der Waals surface area contributed by atoms with E-state index >= 15 is 0 Å². The minimum Gasteiger partial charge on any atom is -0.486 e. The number of benzene rings is 1. The first-order chi connectivity index (χ1) is 13.1. The number of rotatable bonds is 8. The van der Waals surface area contributed by atoms with Crippen LogP contribution in [0.25, 0.3) is 0 Å². The van der Waals surface area contributed by atoms with E-state index < -0.39 is 0 Å². The Morgan fingerprint density at radius 3 is 2.67 bits per heavy atom. The first-order valence-corrected chi connectivity index (χ1v) is 10.9. The molecule has 1 fully saturated rings. The molecule has 0 N–H and O–H groups in total. The number of carbonyl (C=O) groups excluding carboxylic acids is 1. The van der Waals surface area contributed by atoms with Crippen LogP contribution in [0.1, 0.15) is 62.2 Å². The maximum atomic E-state index is 13.0. The molecule has 0 bridgehead atoms. The van der Waals surface area contributed by atoms with Gasteiger partial charge in [-0.05, 0) is 45.2 Å². The summed E-state index contributed by atoms with van der Waals surface area (Å²) in [5.74, 6) is 1.38. The molecule has 5 heteroatoms. The van der Waals surface area contributed by atoms with Gasteiger partial charge in [0.1, 0.15) is 17.4 Å². The van der Waals surface area contributed by atoms with Crippen LogP contribution in [0.15, 0.2) is 29.6 Å². The highest BCUT2D eigenvalue weighted by Gasteiger charge is 2.29. The second kappa shape index (κ2) is 9.36. The lowest BCUT2D eigenvalue weighted by atomic mass is 10.0. The number of amides is 1. The first kappa shape index (κ1) is 19.9. The van der Waals surface area contributed by atoms with E-state index in [2.05, 4.69) is 26.2 Å². The summed E-state index contributed by atoms with van der Waals surface area (Å²) in [6, 6.07) is 8.29. The standard InChI is InChI=1S/C22H30N2O2S/c1-4-17(3)24(22(25)18-7-5-6-8-18)13-19-15-27-21(23-19)14-26-20-11-9-16(2)10-12-20/h9-12,15,17-18H,4-8,13-14H2,1-3H3/t17-/m0/s1. The number of hydrogen-bond donors (Lipinski definition) is 0. The fraction of sp³-hybridized carbons (Fsp3) is 0.545. The predicted molar refractivity (Wildman–Crippen MR) is 110 cm³/mol. The summed E-state index contributed by atoms with van der Waals surface area (Å²) in [4.78, 5) is 19.7. The Labute approximate surface area is 166 Å². The highest BCUT2D eigenvalue weighted by atomic mass is 32.1. The molecule has 0 saturated heterocycles. The third-order valence-electron chi connectivity index (χ3n) is 5.43. The van der Waals surface area contributed by atoms with Gasteiger partial charge in [0.2, 0.25) is 5.91 Å². The van der Waals surface area contributed by atoms with E-state index in [0.29, 0.717) is 19.1 Å². The molecule has 1 aromatic carbocycles. The van der Waals surface area contributed by atoms with Crippen molar-refractivity contribution < 1.29 is 9.53 Å². The summed E-state index contributed by atoms with van der Waals surface area (Å²) in [5, 5.41) is 3.01. The summed E-state index contributed by atoms with van der Waals surface area (Å²) in [5.41, 5.74) is 2.19. The van der Waals surface area contributed by atoms with Crippen LogP contribution in [0, 0.1) is 12.8 Å². The van der Waals surface area contributed by atoms with Crippen LogP contribution in [0.3, 0.4) is 0 Å². The largest absolute Gasteiger partial charge is 0.486 e. The molecule has 1 saturated carbocycles. The van der Waals surface area contributed by atoms with Gasteiger partial charge in [-0.3, -0.25) is 4.79 Å². The van der Waals surface area contributed by atoms with Crippen molar-refractivity contribution in [1.29, 1.82) is 0 Å². The van der Waals surface area contributed by atoms with Crippen LogP contribution in [0.5, 0.6) is 5.75 Å².